The molecule has 1 aliphatic rings. The van der Waals surface area contributed by atoms with Gasteiger partial charge in [0.1, 0.15) is 0 Å². The van der Waals surface area contributed by atoms with Gasteiger partial charge in [0.25, 0.3) is 0 Å². The minimum absolute atomic E-state index is 0.458. The first-order valence-corrected chi connectivity index (χ1v) is 6.26. The largest absolute Gasteiger partial charge is 0.345 e. The van der Waals surface area contributed by atoms with Crippen molar-refractivity contribution >= 4 is 0 Å². The summed E-state index contributed by atoms with van der Waals surface area (Å²) in [7, 11) is 0. The Morgan fingerprint density at radius 1 is 1.24 bits per heavy atom. The summed E-state index contributed by atoms with van der Waals surface area (Å²) in [5.74, 6) is 0. The van der Waals surface area contributed by atoms with Crippen molar-refractivity contribution in [3.05, 3.63) is 47.8 Å². The maximum Gasteiger partial charge on any atom is 0.0447 e. The van der Waals surface area contributed by atoms with Crippen molar-refractivity contribution in [3.8, 4) is 11.1 Å². The summed E-state index contributed by atoms with van der Waals surface area (Å²) in [6.45, 7) is 6.61. The van der Waals surface area contributed by atoms with Gasteiger partial charge in [0.2, 0.25) is 0 Å². The minimum atomic E-state index is 0.458. The average molecular weight is 226 g/mol. The molecule has 0 aliphatic carbocycles. The van der Waals surface area contributed by atoms with Crippen LogP contribution in [-0.4, -0.2) is 11.1 Å². The zero-order valence-electron chi connectivity index (χ0n) is 10.4. The highest BCUT2D eigenvalue weighted by Crippen LogP contribution is 2.30. The lowest BCUT2D eigenvalue weighted by atomic mass is 10.1. The second-order valence-electron chi connectivity index (χ2n) is 4.76. The number of hydrogen-bond donors (Lipinski definition) is 1. The molecule has 2 aromatic rings. The second kappa shape index (κ2) is 4.04. The van der Waals surface area contributed by atoms with Gasteiger partial charge in [-0.3, -0.25) is 0 Å². The molecule has 88 valence electrons. The quantitative estimate of drug-likeness (QED) is 0.790. The maximum atomic E-state index is 3.51. The van der Waals surface area contributed by atoms with Gasteiger partial charge in [-0.2, -0.15) is 0 Å². The molecule has 1 N–H and O–H groups in total. The third-order valence-corrected chi connectivity index (χ3v) is 3.71. The molecular formula is C15H18N2. The number of rotatable bonds is 1. The van der Waals surface area contributed by atoms with Crippen molar-refractivity contribution in [3.63, 3.8) is 0 Å². The van der Waals surface area contributed by atoms with Crippen LogP contribution in [0.15, 0.2) is 36.4 Å². The summed E-state index contributed by atoms with van der Waals surface area (Å²) in [6.07, 6.45) is 0. The molecule has 0 amide bonds. The van der Waals surface area contributed by atoms with Crippen LogP contribution in [0.4, 0.5) is 0 Å². The Morgan fingerprint density at radius 3 is 2.71 bits per heavy atom. The van der Waals surface area contributed by atoms with E-state index in [1.165, 1.54) is 22.5 Å². The summed E-state index contributed by atoms with van der Waals surface area (Å²) in [6, 6.07) is 13.4. The first kappa shape index (κ1) is 10.6. The van der Waals surface area contributed by atoms with Crippen LogP contribution >= 0.6 is 0 Å². The molecule has 1 aromatic carbocycles. The Labute approximate surface area is 102 Å². The van der Waals surface area contributed by atoms with E-state index < -0.39 is 0 Å². The summed E-state index contributed by atoms with van der Waals surface area (Å²) >= 11 is 0. The molecule has 0 spiro atoms. The normalized spacial score (nSPS) is 19.1. The van der Waals surface area contributed by atoms with Gasteiger partial charge in [0.05, 0.1) is 0 Å². The molecule has 1 atom stereocenters. The molecule has 1 aromatic heterocycles. The van der Waals surface area contributed by atoms with Crippen molar-refractivity contribution < 1.29 is 0 Å². The monoisotopic (exact) mass is 226 g/mol. The van der Waals surface area contributed by atoms with Crippen LogP contribution in [0.2, 0.25) is 0 Å². The lowest BCUT2D eigenvalue weighted by molar-refractivity contribution is 0.443. The molecule has 17 heavy (non-hydrogen) atoms. The van der Waals surface area contributed by atoms with E-state index in [9.17, 15) is 0 Å². The summed E-state index contributed by atoms with van der Waals surface area (Å²) < 4.78 is 2.45. The second-order valence-corrected chi connectivity index (χ2v) is 4.76. The number of fused-ring (bicyclic) bond motifs is 1. The minimum Gasteiger partial charge on any atom is -0.345 e. The molecule has 0 fully saturated rings. The Balaban J connectivity index is 2.14. The number of benzene rings is 1. The van der Waals surface area contributed by atoms with E-state index in [1.54, 1.807) is 0 Å². The molecule has 2 nitrogen and oxygen atoms in total. The highest BCUT2D eigenvalue weighted by atomic mass is 15.1. The van der Waals surface area contributed by atoms with E-state index in [4.69, 9.17) is 0 Å². The number of hydrogen-bond acceptors (Lipinski definition) is 1. The van der Waals surface area contributed by atoms with Crippen molar-refractivity contribution in [1.29, 1.82) is 0 Å². The van der Waals surface area contributed by atoms with Crippen molar-refractivity contribution in [2.24, 2.45) is 0 Å². The van der Waals surface area contributed by atoms with Crippen molar-refractivity contribution in [2.45, 2.75) is 26.4 Å². The van der Waals surface area contributed by atoms with Gasteiger partial charge in [-0.25, -0.2) is 0 Å². The highest BCUT2D eigenvalue weighted by Gasteiger charge is 2.20. The van der Waals surface area contributed by atoms with Crippen LogP contribution in [-0.2, 0) is 6.54 Å². The first-order chi connectivity index (χ1) is 8.27. The SMILES string of the molecule is Cc1c(-c2ccccc2)cc2n1CCNC2C. The van der Waals surface area contributed by atoms with Gasteiger partial charge in [-0.15, -0.1) is 0 Å². The van der Waals surface area contributed by atoms with E-state index in [0.717, 1.165) is 13.1 Å². The standard InChI is InChI=1S/C15H18N2/c1-11-15-10-14(13-6-4-3-5-7-13)12(2)17(15)9-8-16-11/h3-7,10-11,16H,8-9H2,1-2H3. The predicted octanol–water partition coefficient (Wildman–Crippen LogP) is 3.13. The van der Waals surface area contributed by atoms with Crippen molar-refractivity contribution in [1.82, 2.24) is 9.88 Å². The lowest BCUT2D eigenvalue weighted by Gasteiger charge is -2.24. The van der Waals surface area contributed by atoms with Gasteiger partial charge in [0, 0.05) is 36.1 Å². The zero-order chi connectivity index (χ0) is 11.8. The van der Waals surface area contributed by atoms with Crippen LogP contribution in [0.3, 0.4) is 0 Å². The summed E-state index contributed by atoms with van der Waals surface area (Å²) in [5.41, 5.74) is 5.49. The fourth-order valence-electron chi connectivity index (χ4n) is 2.73. The number of aromatic nitrogens is 1. The van der Waals surface area contributed by atoms with Gasteiger partial charge in [0.15, 0.2) is 0 Å². The predicted molar refractivity (Wildman–Crippen MR) is 71.0 cm³/mol. The van der Waals surface area contributed by atoms with Crippen LogP contribution in [0.5, 0.6) is 0 Å². The first-order valence-electron chi connectivity index (χ1n) is 6.26. The Morgan fingerprint density at radius 2 is 2.00 bits per heavy atom. The van der Waals surface area contributed by atoms with Gasteiger partial charge >= 0.3 is 0 Å². The molecule has 1 aliphatic heterocycles. The van der Waals surface area contributed by atoms with E-state index >= 15 is 0 Å². The molecule has 1 unspecified atom stereocenters. The van der Waals surface area contributed by atoms with Gasteiger partial charge in [-0.1, -0.05) is 30.3 Å². The molecule has 0 radical (unpaired) electrons. The lowest BCUT2D eigenvalue weighted by Crippen LogP contribution is -2.31. The van der Waals surface area contributed by atoms with Gasteiger partial charge in [-0.05, 0) is 25.5 Å². The third-order valence-electron chi connectivity index (χ3n) is 3.71. The van der Waals surface area contributed by atoms with E-state index in [1.807, 2.05) is 0 Å². The molecular weight excluding hydrogens is 208 g/mol. The number of nitrogens with one attached hydrogen (secondary N) is 1. The summed E-state index contributed by atoms with van der Waals surface area (Å²) in [4.78, 5) is 0. The fraction of sp³-hybridized carbons (Fsp3) is 0.333. The van der Waals surface area contributed by atoms with Gasteiger partial charge < -0.3 is 9.88 Å². The fourth-order valence-corrected chi connectivity index (χ4v) is 2.73. The topological polar surface area (TPSA) is 17.0 Å². The van der Waals surface area contributed by atoms with Crippen molar-refractivity contribution in [2.75, 3.05) is 6.54 Å². The smallest absolute Gasteiger partial charge is 0.0447 e. The zero-order valence-corrected chi connectivity index (χ0v) is 10.4. The molecule has 0 saturated carbocycles. The Bertz CT molecular complexity index is 525. The molecule has 0 bridgehead atoms. The van der Waals surface area contributed by atoms with Crippen LogP contribution in [0, 0.1) is 6.92 Å². The average Bonchev–Trinajstić information content (AvgIpc) is 2.70. The van der Waals surface area contributed by atoms with Crippen LogP contribution < -0.4 is 5.32 Å². The van der Waals surface area contributed by atoms with Crippen LogP contribution in [0.1, 0.15) is 24.4 Å². The molecule has 0 saturated heterocycles. The Hall–Kier alpha value is -1.54. The number of nitrogens with zero attached hydrogens (tertiary/aromatic N) is 1. The maximum absolute atomic E-state index is 3.51. The molecule has 3 rings (SSSR count). The Kier molecular flexibility index (Phi) is 2.52. The third kappa shape index (κ3) is 1.69. The van der Waals surface area contributed by atoms with E-state index in [-0.39, 0.29) is 0 Å². The molecule has 2 heteroatoms. The van der Waals surface area contributed by atoms with E-state index in [0.29, 0.717) is 6.04 Å². The van der Waals surface area contributed by atoms with E-state index in [2.05, 4.69) is 60.1 Å². The summed E-state index contributed by atoms with van der Waals surface area (Å²) in [5, 5.41) is 3.51. The van der Waals surface area contributed by atoms with Crippen LogP contribution in [0.25, 0.3) is 11.1 Å². The molecule has 2 heterocycles. The highest BCUT2D eigenvalue weighted by molar-refractivity contribution is 5.67.